The zero-order valence-electron chi connectivity index (χ0n) is 9.29. The van der Waals surface area contributed by atoms with E-state index in [9.17, 15) is 4.79 Å². The number of fused-ring (bicyclic) bond motifs is 2. The Morgan fingerprint density at radius 2 is 2.40 bits per heavy atom. The largest absolute Gasteiger partial charge is 0.383 e. The number of hydrogen-bond acceptors (Lipinski definition) is 3. The Kier molecular flexibility index (Phi) is 2.98. The zero-order valence-corrected chi connectivity index (χ0v) is 9.29. The summed E-state index contributed by atoms with van der Waals surface area (Å²) in [6, 6.07) is 0. The summed E-state index contributed by atoms with van der Waals surface area (Å²) < 4.78 is 4.99. The molecule has 2 rings (SSSR count). The van der Waals surface area contributed by atoms with E-state index in [-0.39, 0.29) is 5.91 Å². The lowest BCUT2D eigenvalue weighted by molar-refractivity contribution is -0.126. The second-order valence-electron chi connectivity index (χ2n) is 4.84. The number of nitrogens with two attached hydrogens (primary N) is 1. The molecule has 0 radical (unpaired) electrons. The molecule has 2 bridgehead atoms. The number of carbonyl (C=O) groups excluding carboxylic acids is 1. The Bertz CT molecular complexity index is 257. The average Bonchev–Trinajstić information content (AvgIpc) is 2.78. The lowest BCUT2D eigenvalue weighted by atomic mass is 9.80. The van der Waals surface area contributed by atoms with Gasteiger partial charge in [0.25, 0.3) is 0 Å². The van der Waals surface area contributed by atoms with Crippen LogP contribution >= 0.6 is 0 Å². The standard InChI is InChI=1S/C11H20N2O2/c1-15-5-4-13-11(10(12)14)7-8-2-3-9(11)6-8/h8-9,13H,2-7H2,1H3,(H2,12,14). The van der Waals surface area contributed by atoms with Gasteiger partial charge in [-0.15, -0.1) is 0 Å². The Morgan fingerprint density at radius 3 is 2.87 bits per heavy atom. The van der Waals surface area contributed by atoms with Crippen LogP contribution in [0.5, 0.6) is 0 Å². The first-order valence-electron chi connectivity index (χ1n) is 5.73. The van der Waals surface area contributed by atoms with Gasteiger partial charge in [-0.2, -0.15) is 0 Å². The molecule has 3 unspecified atom stereocenters. The van der Waals surface area contributed by atoms with E-state index in [1.165, 1.54) is 12.8 Å². The fraction of sp³-hybridized carbons (Fsp3) is 0.909. The van der Waals surface area contributed by atoms with E-state index in [0.717, 1.165) is 12.8 Å². The van der Waals surface area contributed by atoms with Gasteiger partial charge >= 0.3 is 0 Å². The second kappa shape index (κ2) is 4.10. The maximum Gasteiger partial charge on any atom is 0.238 e. The SMILES string of the molecule is COCCNC1(C(N)=O)CC2CCC1C2. The zero-order chi connectivity index (χ0) is 10.9. The first-order chi connectivity index (χ1) is 7.19. The number of methoxy groups -OCH3 is 1. The van der Waals surface area contributed by atoms with Crippen molar-refractivity contribution >= 4 is 5.91 Å². The van der Waals surface area contributed by atoms with E-state index in [0.29, 0.717) is 25.0 Å². The third-order valence-corrected chi connectivity index (χ3v) is 4.04. The summed E-state index contributed by atoms with van der Waals surface area (Å²) in [6.07, 6.45) is 4.51. The molecule has 2 aliphatic carbocycles. The highest BCUT2D eigenvalue weighted by atomic mass is 16.5. The summed E-state index contributed by atoms with van der Waals surface area (Å²) in [5.41, 5.74) is 5.13. The molecule has 3 N–H and O–H groups in total. The van der Waals surface area contributed by atoms with Gasteiger partial charge in [0.15, 0.2) is 0 Å². The number of primary amides is 1. The number of amides is 1. The molecule has 15 heavy (non-hydrogen) atoms. The fourth-order valence-corrected chi connectivity index (χ4v) is 3.31. The molecule has 0 spiro atoms. The second-order valence-corrected chi connectivity index (χ2v) is 4.84. The predicted octanol–water partition coefficient (Wildman–Crippen LogP) is 0.266. The third-order valence-electron chi connectivity index (χ3n) is 4.04. The number of ether oxygens (including phenoxy) is 1. The summed E-state index contributed by atoms with van der Waals surface area (Å²) in [5, 5.41) is 3.33. The minimum absolute atomic E-state index is 0.175. The van der Waals surface area contributed by atoms with Gasteiger partial charge in [-0.1, -0.05) is 6.42 Å². The van der Waals surface area contributed by atoms with Crippen molar-refractivity contribution in [1.82, 2.24) is 5.32 Å². The number of hydrogen-bond donors (Lipinski definition) is 2. The molecule has 86 valence electrons. The van der Waals surface area contributed by atoms with Crippen LogP contribution in [-0.4, -0.2) is 31.7 Å². The summed E-state index contributed by atoms with van der Waals surface area (Å²) >= 11 is 0. The molecule has 0 aliphatic heterocycles. The monoisotopic (exact) mass is 212 g/mol. The van der Waals surface area contributed by atoms with Gasteiger partial charge in [-0.25, -0.2) is 0 Å². The fourth-order valence-electron chi connectivity index (χ4n) is 3.31. The average molecular weight is 212 g/mol. The van der Waals surface area contributed by atoms with E-state index < -0.39 is 5.54 Å². The highest BCUT2D eigenvalue weighted by molar-refractivity contribution is 5.85. The quantitative estimate of drug-likeness (QED) is 0.643. The van der Waals surface area contributed by atoms with Crippen LogP contribution < -0.4 is 11.1 Å². The molecule has 0 aromatic heterocycles. The van der Waals surface area contributed by atoms with Crippen molar-refractivity contribution in [2.24, 2.45) is 17.6 Å². The molecule has 0 aromatic carbocycles. The maximum absolute atomic E-state index is 11.6. The smallest absolute Gasteiger partial charge is 0.238 e. The van der Waals surface area contributed by atoms with Crippen molar-refractivity contribution < 1.29 is 9.53 Å². The summed E-state index contributed by atoms with van der Waals surface area (Å²) in [4.78, 5) is 11.6. The molecular formula is C11H20N2O2. The normalized spacial score (nSPS) is 38.5. The Morgan fingerprint density at radius 1 is 1.60 bits per heavy atom. The lowest BCUT2D eigenvalue weighted by Crippen LogP contribution is -2.59. The van der Waals surface area contributed by atoms with Crippen LogP contribution in [0.2, 0.25) is 0 Å². The Labute approximate surface area is 90.5 Å². The van der Waals surface area contributed by atoms with Crippen LogP contribution in [0.3, 0.4) is 0 Å². The molecule has 2 fully saturated rings. The highest BCUT2D eigenvalue weighted by Gasteiger charge is 2.54. The van der Waals surface area contributed by atoms with Crippen molar-refractivity contribution in [3.05, 3.63) is 0 Å². The van der Waals surface area contributed by atoms with Crippen molar-refractivity contribution in [2.75, 3.05) is 20.3 Å². The van der Waals surface area contributed by atoms with Gasteiger partial charge in [0.05, 0.1) is 6.61 Å². The van der Waals surface area contributed by atoms with Crippen LogP contribution in [0.4, 0.5) is 0 Å². The number of nitrogens with one attached hydrogen (secondary N) is 1. The number of rotatable bonds is 5. The highest BCUT2D eigenvalue weighted by Crippen LogP contribution is 2.50. The minimum atomic E-state index is -0.429. The topological polar surface area (TPSA) is 64.3 Å². The van der Waals surface area contributed by atoms with E-state index >= 15 is 0 Å². The van der Waals surface area contributed by atoms with E-state index in [1.54, 1.807) is 7.11 Å². The van der Waals surface area contributed by atoms with E-state index in [1.807, 2.05) is 0 Å². The molecule has 2 saturated carbocycles. The van der Waals surface area contributed by atoms with Crippen molar-refractivity contribution in [1.29, 1.82) is 0 Å². The molecule has 0 heterocycles. The van der Waals surface area contributed by atoms with Gasteiger partial charge in [0.2, 0.25) is 5.91 Å². The van der Waals surface area contributed by atoms with Crippen LogP contribution in [-0.2, 0) is 9.53 Å². The molecule has 4 nitrogen and oxygen atoms in total. The Balaban J connectivity index is 2.02. The molecule has 4 heteroatoms. The number of carbonyl (C=O) groups is 1. The van der Waals surface area contributed by atoms with E-state index in [4.69, 9.17) is 10.5 Å². The predicted molar refractivity (Wildman–Crippen MR) is 57.3 cm³/mol. The van der Waals surface area contributed by atoms with Gasteiger partial charge in [0, 0.05) is 13.7 Å². The van der Waals surface area contributed by atoms with Crippen molar-refractivity contribution in [3.8, 4) is 0 Å². The summed E-state index contributed by atoms with van der Waals surface area (Å²) in [6.45, 7) is 1.34. The van der Waals surface area contributed by atoms with Crippen molar-refractivity contribution in [3.63, 3.8) is 0 Å². The molecule has 2 aliphatic rings. The lowest BCUT2D eigenvalue weighted by Gasteiger charge is -2.35. The van der Waals surface area contributed by atoms with Gasteiger partial charge < -0.3 is 15.8 Å². The van der Waals surface area contributed by atoms with Gasteiger partial charge in [-0.3, -0.25) is 4.79 Å². The van der Waals surface area contributed by atoms with E-state index in [2.05, 4.69) is 5.32 Å². The molecule has 0 aromatic rings. The minimum Gasteiger partial charge on any atom is -0.383 e. The summed E-state index contributed by atoms with van der Waals surface area (Å²) in [5.74, 6) is 0.986. The maximum atomic E-state index is 11.6. The van der Waals surface area contributed by atoms with Crippen LogP contribution in [0.15, 0.2) is 0 Å². The molecular weight excluding hydrogens is 192 g/mol. The Hall–Kier alpha value is -0.610. The van der Waals surface area contributed by atoms with Gasteiger partial charge in [0.1, 0.15) is 5.54 Å². The van der Waals surface area contributed by atoms with Crippen LogP contribution in [0.1, 0.15) is 25.7 Å². The summed E-state index contributed by atoms with van der Waals surface area (Å²) in [7, 11) is 1.67. The molecule has 3 atom stereocenters. The first kappa shape index (κ1) is 10.9. The third kappa shape index (κ3) is 1.76. The van der Waals surface area contributed by atoms with Gasteiger partial charge in [-0.05, 0) is 31.1 Å². The first-order valence-corrected chi connectivity index (χ1v) is 5.73. The van der Waals surface area contributed by atoms with Crippen LogP contribution in [0.25, 0.3) is 0 Å². The molecule has 0 saturated heterocycles. The van der Waals surface area contributed by atoms with Crippen LogP contribution in [0, 0.1) is 11.8 Å². The van der Waals surface area contributed by atoms with Crippen molar-refractivity contribution in [2.45, 2.75) is 31.2 Å². The molecule has 1 amide bonds.